The van der Waals surface area contributed by atoms with E-state index in [1.165, 1.54) is 0 Å². The van der Waals surface area contributed by atoms with Crippen molar-refractivity contribution in [2.75, 3.05) is 5.32 Å². The van der Waals surface area contributed by atoms with Crippen LogP contribution < -0.4 is 10.6 Å². The van der Waals surface area contributed by atoms with E-state index in [1.54, 1.807) is 18.2 Å². The zero-order valence-electron chi connectivity index (χ0n) is 12.4. The molecule has 0 bridgehead atoms. The van der Waals surface area contributed by atoms with Crippen LogP contribution in [0.5, 0.6) is 0 Å². The minimum absolute atomic E-state index is 0.208. The van der Waals surface area contributed by atoms with E-state index >= 15 is 0 Å². The summed E-state index contributed by atoms with van der Waals surface area (Å²) >= 11 is 0. The maximum Gasteiger partial charge on any atom is 0.416 e. The standard InChI is InChI=1S/C17H12F3N3O/c18-17(19,20)14-4-10(7-21)3-12(5-14)16(24)23-15-2-1-11-8-22-9-13(11)6-15/h1-6,22H,8-9H2,(H,23,24). The fourth-order valence-corrected chi connectivity index (χ4v) is 2.56. The van der Waals surface area contributed by atoms with Gasteiger partial charge in [-0.2, -0.15) is 18.4 Å². The number of carbonyl (C=O) groups is 1. The van der Waals surface area contributed by atoms with Gasteiger partial charge in [-0.25, -0.2) is 0 Å². The molecule has 0 atom stereocenters. The number of alkyl halides is 3. The number of anilines is 1. The first kappa shape index (κ1) is 16.0. The minimum atomic E-state index is -4.62. The molecule has 1 amide bonds. The SMILES string of the molecule is N#Cc1cc(C(=O)Nc2ccc3c(c2)CNC3)cc(C(F)(F)F)c1. The fourth-order valence-electron chi connectivity index (χ4n) is 2.56. The molecule has 1 aliphatic heterocycles. The van der Waals surface area contributed by atoms with E-state index in [1.807, 2.05) is 6.07 Å². The molecule has 24 heavy (non-hydrogen) atoms. The molecule has 0 spiro atoms. The highest BCUT2D eigenvalue weighted by molar-refractivity contribution is 6.04. The third-order valence-corrected chi connectivity index (χ3v) is 3.75. The first-order chi connectivity index (χ1) is 11.4. The Morgan fingerprint density at radius 3 is 2.58 bits per heavy atom. The highest BCUT2D eigenvalue weighted by atomic mass is 19.4. The summed E-state index contributed by atoms with van der Waals surface area (Å²) in [5, 5.41) is 14.6. The Morgan fingerprint density at radius 2 is 1.88 bits per heavy atom. The lowest BCUT2D eigenvalue weighted by Gasteiger charge is -2.11. The van der Waals surface area contributed by atoms with Gasteiger partial charge in [-0.15, -0.1) is 0 Å². The lowest BCUT2D eigenvalue weighted by Crippen LogP contribution is -2.14. The number of carbonyl (C=O) groups excluding carboxylic acids is 1. The summed E-state index contributed by atoms with van der Waals surface area (Å²) in [7, 11) is 0. The molecule has 4 nitrogen and oxygen atoms in total. The molecular formula is C17H12F3N3O. The van der Waals surface area contributed by atoms with Crippen LogP contribution >= 0.6 is 0 Å². The van der Waals surface area contributed by atoms with Gasteiger partial charge >= 0.3 is 6.18 Å². The van der Waals surface area contributed by atoms with E-state index < -0.39 is 17.6 Å². The molecule has 2 aromatic carbocycles. The van der Waals surface area contributed by atoms with Crippen molar-refractivity contribution in [1.82, 2.24) is 5.32 Å². The van der Waals surface area contributed by atoms with E-state index in [-0.39, 0.29) is 11.1 Å². The van der Waals surface area contributed by atoms with Gasteiger partial charge in [0.15, 0.2) is 0 Å². The second-order valence-electron chi connectivity index (χ2n) is 5.45. The molecule has 0 fully saturated rings. The van der Waals surface area contributed by atoms with Crippen LogP contribution in [0, 0.1) is 11.3 Å². The van der Waals surface area contributed by atoms with E-state index in [2.05, 4.69) is 10.6 Å². The van der Waals surface area contributed by atoms with Crippen molar-refractivity contribution in [1.29, 1.82) is 5.26 Å². The molecule has 122 valence electrons. The highest BCUT2D eigenvalue weighted by Crippen LogP contribution is 2.31. The quantitative estimate of drug-likeness (QED) is 0.886. The summed E-state index contributed by atoms with van der Waals surface area (Å²) in [5.74, 6) is -0.691. The maximum absolute atomic E-state index is 12.9. The first-order valence-electron chi connectivity index (χ1n) is 7.13. The van der Waals surface area contributed by atoms with Crippen molar-refractivity contribution < 1.29 is 18.0 Å². The van der Waals surface area contributed by atoms with Gasteiger partial charge in [-0.05, 0) is 41.5 Å². The van der Waals surface area contributed by atoms with Crippen LogP contribution in [0.25, 0.3) is 0 Å². The van der Waals surface area contributed by atoms with Crippen molar-refractivity contribution in [3.8, 4) is 6.07 Å². The third-order valence-electron chi connectivity index (χ3n) is 3.75. The molecule has 0 saturated carbocycles. The lowest BCUT2D eigenvalue weighted by atomic mass is 10.0. The van der Waals surface area contributed by atoms with Gasteiger partial charge in [0.1, 0.15) is 0 Å². The van der Waals surface area contributed by atoms with Crippen LogP contribution in [0.15, 0.2) is 36.4 Å². The molecule has 2 N–H and O–H groups in total. The molecule has 0 aliphatic carbocycles. The Bertz CT molecular complexity index is 853. The van der Waals surface area contributed by atoms with Crippen molar-refractivity contribution in [3.05, 3.63) is 64.2 Å². The Kier molecular flexibility index (Phi) is 3.99. The number of amides is 1. The highest BCUT2D eigenvalue weighted by Gasteiger charge is 2.31. The molecule has 1 aliphatic rings. The van der Waals surface area contributed by atoms with Crippen molar-refractivity contribution in [2.45, 2.75) is 19.3 Å². The molecule has 0 unspecified atom stereocenters. The zero-order valence-corrected chi connectivity index (χ0v) is 12.4. The maximum atomic E-state index is 12.9. The molecule has 0 aromatic heterocycles. The fraction of sp³-hybridized carbons (Fsp3) is 0.176. The topological polar surface area (TPSA) is 64.9 Å². The molecular weight excluding hydrogens is 319 g/mol. The van der Waals surface area contributed by atoms with Gasteiger partial charge in [-0.3, -0.25) is 4.79 Å². The number of hydrogen-bond acceptors (Lipinski definition) is 3. The normalized spacial score (nSPS) is 13.2. The lowest BCUT2D eigenvalue weighted by molar-refractivity contribution is -0.137. The van der Waals surface area contributed by atoms with Crippen LogP contribution in [0.3, 0.4) is 0 Å². The molecule has 7 heteroatoms. The van der Waals surface area contributed by atoms with Gasteiger partial charge in [-0.1, -0.05) is 6.07 Å². The van der Waals surface area contributed by atoms with Gasteiger partial charge in [0.05, 0.1) is 17.2 Å². The first-order valence-corrected chi connectivity index (χ1v) is 7.13. The Labute approximate surface area is 135 Å². The summed E-state index contributed by atoms with van der Waals surface area (Å²) in [6, 6.07) is 9.58. The number of nitrogens with zero attached hydrogens (tertiary/aromatic N) is 1. The Hall–Kier alpha value is -2.85. The average Bonchev–Trinajstić information content (AvgIpc) is 3.01. The molecule has 0 saturated heterocycles. The van der Waals surface area contributed by atoms with Crippen LogP contribution in [0.1, 0.15) is 32.6 Å². The summed E-state index contributed by atoms with van der Waals surface area (Å²) < 4.78 is 38.6. The van der Waals surface area contributed by atoms with Gasteiger partial charge in [0.2, 0.25) is 0 Å². The number of halogens is 3. The third kappa shape index (κ3) is 3.24. The number of benzene rings is 2. The number of nitriles is 1. The smallest absolute Gasteiger partial charge is 0.322 e. The minimum Gasteiger partial charge on any atom is -0.322 e. The van der Waals surface area contributed by atoms with E-state index in [4.69, 9.17) is 5.26 Å². The Morgan fingerprint density at radius 1 is 1.12 bits per heavy atom. The van der Waals surface area contributed by atoms with Crippen LogP contribution in [-0.2, 0) is 19.3 Å². The largest absolute Gasteiger partial charge is 0.416 e. The number of nitrogens with one attached hydrogen (secondary N) is 2. The summed E-state index contributed by atoms with van der Waals surface area (Å²) in [6.45, 7) is 1.43. The van der Waals surface area contributed by atoms with E-state index in [9.17, 15) is 18.0 Å². The molecule has 2 aromatic rings. The van der Waals surface area contributed by atoms with Gasteiger partial charge in [0.25, 0.3) is 5.91 Å². The summed E-state index contributed by atoms with van der Waals surface area (Å²) in [6.07, 6.45) is -4.62. The monoisotopic (exact) mass is 331 g/mol. The van der Waals surface area contributed by atoms with Crippen molar-refractivity contribution in [2.24, 2.45) is 0 Å². The number of rotatable bonds is 2. The predicted octanol–water partition coefficient (Wildman–Crippen LogP) is 3.43. The van der Waals surface area contributed by atoms with Crippen molar-refractivity contribution >= 4 is 11.6 Å². The Balaban J connectivity index is 1.88. The average molecular weight is 331 g/mol. The predicted molar refractivity (Wildman–Crippen MR) is 81.1 cm³/mol. The van der Waals surface area contributed by atoms with Gasteiger partial charge in [0, 0.05) is 24.3 Å². The van der Waals surface area contributed by atoms with Gasteiger partial charge < -0.3 is 10.6 Å². The molecule has 0 radical (unpaired) electrons. The summed E-state index contributed by atoms with van der Waals surface area (Å²) in [4.78, 5) is 12.3. The van der Waals surface area contributed by atoms with Crippen LogP contribution in [-0.4, -0.2) is 5.91 Å². The van der Waals surface area contributed by atoms with Crippen LogP contribution in [0.2, 0.25) is 0 Å². The van der Waals surface area contributed by atoms with Crippen LogP contribution in [0.4, 0.5) is 18.9 Å². The van der Waals surface area contributed by atoms with Crippen molar-refractivity contribution in [3.63, 3.8) is 0 Å². The number of hydrogen-bond donors (Lipinski definition) is 2. The second kappa shape index (κ2) is 5.98. The van der Waals surface area contributed by atoms with E-state index in [0.717, 1.165) is 35.9 Å². The zero-order chi connectivity index (χ0) is 17.3. The molecule has 1 heterocycles. The van der Waals surface area contributed by atoms with E-state index in [0.29, 0.717) is 12.2 Å². The summed E-state index contributed by atoms with van der Waals surface area (Å²) in [5.41, 5.74) is 1.21. The number of fused-ring (bicyclic) bond motifs is 1. The molecule has 3 rings (SSSR count). The second-order valence-corrected chi connectivity index (χ2v) is 5.45.